The van der Waals surface area contributed by atoms with Crippen LogP contribution in [-0.4, -0.2) is 91.0 Å². The molecule has 12 aromatic rings. The van der Waals surface area contributed by atoms with Crippen molar-refractivity contribution in [1.29, 1.82) is 0 Å². The van der Waals surface area contributed by atoms with E-state index in [4.69, 9.17) is 0 Å². The minimum atomic E-state index is -0.289. The van der Waals surface area contributed by atoms with Crippen LogP contribution >= 0.6 is 22.7 Å². The van der Waals surface area contributed by atoms with E-state index < -0.39 is 0 Å². The van der Waals surface area contributed by atoms with Crippen molar-refractivity contribution in [3.05, 3.63) is 142 Å². The number of imide groups is 4. The van der Waals surface area contributed by atoms with Gasteiger partial charge in [-0.2, -0.15) is 0 Å². The summed E-state index contributed by atoms with van der Waals surface area (Å²) >= 11 is 3.25. The molecule has 580 valence electrons. The summed E-state index contributed by atoms with van der Waals surface area (Å²) in [5.74, 6) is -2.18. The van der Waals surface area contributed by atoms with E-state index in [9.17, 15) is 0 Å². The van der Waals surface area contributed by atoms with Gasteiger partial charge in [0, 0.05) is 121 Å². The second kappa shape index (κ2) is 32.5. The van der Waals surface area contributed by atoms with Crippen molar-refractivity contribution in [1.82, 2.24) is 19.6 Å². The number of carbonyl (C=O) groups excluding carboxylic acids is 8. The molecule has 112 heavy (non-hydrogen) atoms. The summed E-state index contributed by atoms with van der Waals surface area (Å²) in [5.41, 5.74) is 5.62. The van der Waals surface area contributed by atoms with E-state index in [1.54, 1.807) is 42.3 Å². The highest BCUT2D eigenvalue weighted by Crippen LogP contribution is 2.56. The summed E-state index contributed by atoms with van der Waals surface area (Å²) in [4.78, 5) is 133. The van der Waals surface area contributed by atoms with Gasteiger partial charge in [0.25, 0.3) is 47.3 Å². The van der Waals surface area contributed by atoms with Crippen LogP contribution in [0.5, 0.6) is 0 Å². The van der Waals surface area contributed by atoms with Gasteiger partial charge in [-0.1, -0.05) is 246 Å². The van der Waals surface area contributed by atoms with Crippen LogP contribution in [0.25, 0.3) is 116 Å². The lowest BCUT2D eigenvalue weighted by Gasteiger charge is -2.36. The zero-order chi connectivity index (χ0) is 77.9. The van der Waals surface area contributed by atoms with Crippen LogP contribution in [0.4, 0.5) is 0 Å². The number of hydrogen-bond donors (Lipinski definition) is 0. The molecule has 8 amide bonds. The van der Waals surface area contributed by atoms with E-state index in [1.165, 1.54) is 0 Å². The first-order valence-electron chi connectivity index (χ1n) is 43.2. The molecule has 0 atom stereocenters. The molecule has 4 aliphatic rings. The van der Waals surface area contributed by atoms with Crippen LogP contribution in [0.2, 0.25) is 0 Å². The van der Waals surface area contributed by atoms with Crippen LogP contribution in [-0.2, 0) is 0 Å². The standard InChI is InChI=1S/C98H108N4O8S2/c1-9-17-25-33-57(34-26-18-10-2)99-91(103)67-47-41-61-63-43-49-71-87-75(97(109)101(95(71)107)59(37-29-21-13-5)38-30-22-14-6)53-73(83(89(63)87)65-45-51-69(93(99)105)85(67)81(61)65)77-55-79-80(111-77)56-78(112-79)74-54-76-88-72(96(108)102(98(76)110)60(39-31-23-15-7)40-32-24-16-8)50-44-64-62-42-48-68-86-70(52-46-66(82(62)86)84(74)90(64)88)94(106)100(92(68)104)58(35-27-19-11-3)36-28-20-12-4/h41-60H,9-40H2,1-8H3. The lowest BCUT2D eigenvalue weighted by atomic mass is 9.80. The third kappa shape index (κ3) is 12.8. The third-order valence-electron chi connectivity index (χ3n) is 25.9. The van der Waals surface area contributed by atoms with Gasteiger partial charge >= 0.3 is 0 Å². The number of nitrogens with zero attached hydrogens (tertiary/aromatic N) is 4. The predicted octanol–water partition coefficient (Wildman–Crippen LogP) is 26.9. The zero-order valence-corrected chi connectivity index (χ0v) is 68.7. The van der Waals surface area contributed by atoms with Crippen molar-refractivity contribution in [3.8, 4) is 20.9 Å². The van der Waals surface area contributed by atoms with Gasteiger partial charge in [-0.3, -0.25) is 58.0 Å². The minimum absolute atomic E-state index is 0.229. The zero-order valence-electron chi connectivity index (χ0n) is 67.0. The van der Waals surface area contributed by atoms with Gasteiger partial charge in [-0.05, 0) is 177 Å². The van der Waals surface area contributed by atoms with Crippen molar-refractivity contribution < 1.29 is 38.4 Å². The Balaban J connectivity index is 0.912. The molecule has 14 heteroatoms. The average molecular weight is 1530 g/mol. The number of rotatable bonds is 38. The molecule has 0 saturated carbocycles. The second-order valence-electron chi connectivity index (χ2n) is 33.1. The molecular weight excluding hydrogens is 1430 g/mol. The molecule has 0 spiro atoms. The fraction of sp³-hybridized carbons (Fsp3) is 0.449. The molecule has 0 N–H and O–H groups in total. The van der Waals surface area contributed by atoms with Gasteiger partial charge in [-0.25, -0.2) is 0 Å². The first kappa shape index (κ1) is 77.0. The molecule has 12 nitrogen and oxygen atoms in total. The largest absolute Gasteiger partial charge is 0.271 e. The van der Waals surface area contributed by atoms with Gasteiger partial charge in [-0.15, -0.1) is 22.7 Å². The Hall–Kier alpha value is -8.98. The number of fused-ring (bicyclic) bond motifs is 5. The van der Waals surface area contributed by atoms with E-state index >= 15 is 38.4 Å². The number of amides is 8. The smallest absolute Gasteiger partial charge is 0.261 e. The average Bonchev–Trinajstić information content (AvgIpc) is 0.694. The molecule has 0 radical (unpaired) electrons. The van der Waals surface area contributed by atoms with E-state index in [1.807, 2.05) is 72.8 Å². The summed E-state index contributed by atoms with van der Waals surface area (Å²) in [7, 11) is 0. The molecular formula is C98H108N4O8S2. The lowest BCUT2D eigenvalue weighted by molar-refractivity contribution is 0.0501. The Bertz CT molecular complexity index is 5300. The number of thiophene rings is 2. The normalized spacial score (nSPS) is 14.7. The Labute approximate surface area is 666 Å². The van der Waals surface area contributed by atoms with Gasteiger partial charge in [0.2, 0.25) is 0 Å². The summed E-state index contributed by atoms with van der Waals surface area (Å²) in [6, 6.07) is 31.3. The second-order valence-corrected chi connectivity index (χ2v) is 35.3. The highest BCUT2D eigenvalue weighted by Gasteiger charge is 2.45. The SMILES string of the molecule is CCCCCC(CCCCC)N1C(=O)c2ccc3c4ccc5c6c(cc(-c7cc8sc(-c9cc%10c%11c(ccc%12c%13ccc%14c%15c(ccc(c9c%11%12)c%15%13)C(=O)N(C(CCCCC)CCCCC)C%14=O)C(=O)N(C(CCCCC)CCCCC)C%10=O)cc8s7)c(c7ccc(c2c37)C1=O)c64)C(=O)N(C(CCCCC)CCCCC)C5=O. The van der Waals surface area contributed by atoms with Crippen LogP contribution in [0, 0.1) is 0 Å². The predicted molar refractivity (Wildman–Crippen MR) is 463 cm³/mol. The Morgan fingerprint density at radius 1 is 0.214 bits per heavy atom. The molecule has 0 aliphatic carbocycles. The van der Waals surface area contributed by atoms with E-state index in [0.29, 0.717) is 66.1 Å². The topological polar surface area (TPSA) is 150 Å². The van der Waals surface area contributed by atoms with E-state index in [-0.39, 0.29) is 71.4 Å². The minimum Gasteiger partial charge on any atom is -0.271 e. The molecule has 0 fully saturated rings. The van der Waals surface area contributed by atoms with Crippen molar-refractivity contribution in [3.63, 3.8) is 0 Å². The monoisotopic (exact) mass is 1530 g/mol. The quantitative estimate of drug-likeness (QED) is 0.0161. The molecule has 0 unspecified atom stereocenters. The van der Waals surface area contributed by atoms with Crippen LogP contribution < -0.4 is 0 Å². The molecule has 6 heterocycles. The highest BCUT2D eigenvalue weighted by molar-refractivity contribution is 7.31. The van der Waals surface area contributed by atoms with Crippen LogP contribution in [0.3, 0.4) is 0 Å². The molecule has 2 aromatic heterocycles. The summed E-state index contributed by atoms with van der Waals surface area (Å²) < 4.78 is 1.94. The summed E-state index contributed by atoms with van der Waals surface area (Å²) in [6.45, 7) is 17.4. The number of carbonyl (C=O) groups is 8. The van der Waals surface area contributed by atoms with Gasteiger partial charge < -0.3 is 0 Å². The van der Waals surface area contributed by atoms with Crippen molar-refractivity contribution in [2.75, 3.05) is 0 Å². The summed E-state index contributed by atoms with van der Waals surface area (Å²) in [6.07, 6.45) is 29.5. The van der Waals surface area contributed by atoms with Gasteiger partial charge in [0.1, 0.15) is 0 Å². The maximum absolute atomic E-state index is 16.0. The summed E-state index contributed by atoms with van der Waals surface area (Å²) in [5, 5.41) is 12.5. The molecule has 4 aliphatic heterocycles. The Morgan fingerprint density at radius 3 is 0.652 bits per heavy atom. The van der Waals surface area contributed by atoms with Crippen LogP contribution in [0.1, 0.15) is 344 Å². The first-order valence-corrected chi connectivity index (χ1v) is 44.9. The molecule has 16 rings (SSSR count). The lowest BCUT2D eigenvalue weighted by Crippen LogP contribution is -2.47. The highest BCUT2D eigenvalue weighted by atomic mass is 32.1. The van der Waals surface area contributed by atoms with Gasteiger partial charge in [0.15, 0.2) is 0 Å². The maximum atomic E-state index is 16.0. The fourth-order valence-electron chi connectivity index (χ4n) is 20.3. The van der Waals surface area contributed by atoms with E-state index in [0.717, 1.165) is 300 Å². The van der Waals surface area contributed by atoms with E-state index in [2.05, 4.69) is 79.7 Å². The number of unbranched alkanes of at least 4 members (excludes halogenated alkanes) is 16. The van der Waals surface area contributed by atoms with Gasteiger partial charge in [0.05, 0.1) is 0 Å². The van der Waals surface area contributed by atoms with Crippen molar-refractivity contribution in [2.24, 2.45) is 0 Å². The Kier molecular flexibility index (Phi) is 22.3. The fourth-order valence-corrected chi connectivity index (χ4v) is 22.7. The first-order chi connectivity index (χ1) is 54.7. The molecule has 0 bridgehead atoms. The number of hydrogen-bond acceptors (Lipinski definition) is 10. The molecule has 10 aromatic carbocycles. The third-order valence-corrected chi connectivity index (χ3v) is 28.3. The van der Waals surface area contributed by atoms with Crippen molar-refractivity contribution >= 4 is 166 Å². The van der Waals surface area contributed by atoms with Crippen molar-refractivity contribution in [2.45, 2.75) is 285 Å². The Morgan fingerprint density at radius 2 is 0.420 bits per heavy atom. The van der Waals surface area contributed by atoms with Crippen LogP contribution in [0.15, 0.2) is 97.1 Å². The molecule has 0 saturated heterocycles. The maximum Gasteiger partial charge on any atom is 0.261 e. The number of benzene rings is 10.